The lowest BCUT2D eigenvalue weighted by atomic mass is 9.67. The van der Waals surface area contributed by atoms with Crippen LogP contribution in [0.15, 0.2) is 48.5 Å². The van der Waals surface area contributed by atoms with Crippen LogP contribution in [0.1, 0.15) is 50.5 Å². The topological polar surface area (TPSA) is 70.2 Å². The smallest absolute Gasteiger partial charge is 0.410 e. The minimum Gasteiger partial charge on any atom is -0.410 e. The van der Waals surface area contributed by atoms with Gasteiger partial charge in [-0.1, -0.05) is 30.2 Å². The van der Waals surface area contributed by atoms with E-state index in [4.69, 9.17) is 16.3 Å². The average Bonchev–Trinajstić information content (AvgIpc) is 3.38. The SMILES string of the molecule is CCN(C(=O)Oc1ccc(F)cc1)[C@@H]1CN(C(=O)C2CCN(C(=O)C3(C(F)(F)F)CCC3)CC2)C[C@H]1c1ccc(Cl)cc1. The maximum Gasteiger partial charge on any atom is 0.415 e. The number of alkyl halides is 3. The second kappa shape index (κ2) is 12.3. The average molecular weight is 624 g/mol. The summed E-state index contributed by atoms with van der Waals surface area (Å²) in [6, 6.07) is 11.9. The quantitative estimate of drug-likeness (QED) is 0.356. The monoisotopic (exact) mass is 623 g/mol. The fourth-order valence-corrected chi connectivity index (χ4v) is 6.65. The summed E-state index contributed by atoms with van der Waals surface area (Å²) >= 11 is 6.11. The first-order valence-corrected chi connectivity index (χ1v) is 15.0. The van der Waals surface area contributed by atoms with Crippen molar-refractivity contribution in [2.75, 3.05) is 32.7 Å². The van der Waals surface area contributed by atoms with Crippen LogP contribution in [-0.2, 0) is 9.59 Å². The van der Waals surface area contributed by atoms with Crippen LogP contribution in [0.4, 0.5) is 22.4 Å². The highest BCUT2D eigenvalue weighted by Gasteiger charge is 2.64. The van der Waals surface area contributed by atoms with Gasteiger partial charge in [0.15, 0.2) is 0 Å². The molecule has 12 heteroatoms. The second-order valence-corrected chi connectivity index (χ2v) is 12.0. The Morgan fingerprint density at radius 2 is 1.60 bits per heavy atom. The van der Waals surface area contributed by atoms with Crippen molar-refractivity contribution in [3.05, 3.63) is 64.9 Å². The molecule has 3 aliphatic rings. The molecule has 0 bridgehead atoms. The van der Waals surface area contributed by atoms with Crippen LogP contribution in [0, 0.1) is 17.2 Å². The van der Waals surface area contributed by atoms with Crippen LogP contribution < -0.4 is 4.74 Å². The normalized spacial score (nSPS) is 22.2. The summed E-state index contributed by atoms with van der Waals surface area (Å²) in [4.78, 5) is 44.4. The number of hydrogen-bond acceptors (Lipinski definition) is 4. The molecule has 0 aromatic heterocycles. The number of halogens is 5. The van der Waals surface area contributed by atoms with E-state index in [1.165, 1.54) is 29.2 Å². The van der Waals surface area contributed by atoms with Gasteiger partial charge < -0.3 is 19.4 Å². The summed E-state index contributed by atoms with van der Waals surface area (Å²) < 4.78 is 60.1. The predicted octanol–water partition coefficient (Wildman–Crippen LogP) is 6.27. The van der Waals surface area contributed by atoms with E-state index in [9.17, 15) is 31.9 Å². The zero-order valence-corrected chi connectivity index (χ0v) is 24.5. The Morgan fingerprint density at radius 3 is 2.14 bits per heavy atom. The largest absolute Gasteiger partial charge is 0.415 e. The lowest BCUT2D eigenvalue weighted by molar-refractivity contribution is -0.249. The molecule has 43 heavy (non-hydrogen) atoms. The summed E-state index contributed by atoms with van der Waals surface area (Å²) in [5.41, 5.74) is -1.40. The molecule has 3 amide bonds. The van der Waals surface area contributed by atoms with Gasteiger partial charge in [-0.05, 0) is 74.6 Å². The van der Waals surface area contributed by atoms with Crippen LogP contribution in [0.5, 0.6) is 5.75 Å². The molecular formula is C31H34ClF4N3O4. The first kappa shape index (κ1) is 31.1. The van der Waals surface area contributed by atoms with Gasteiger partial charge in [-0.15, -0.1) is 0 Å². The minimum atomic E-state index is -4.58. The molecule has 2 aromatic rings. The van der Waals surface area contributed by atoms with Crippen molar-refractivity contribution in [3.8, 4) is 5.75 Å². The molecular weight excluding hydrogens is 590 g/mol. The molecule has 0 N–H and O–H groups in total. The van der Waals surface area contributed by atoms with Crippen molar-refractivity contribution in [3.63, 3.8) is 0 Å². The summed E-state index contributed by atoms with van der Waals surface area (Å²) in [6.45, 7) is 2.83. The Morgan fingerprint density at radius 1 is 0.977 bits per heavy atom. The molecule has 2 aliphatic heterocycles. The first-order valence-electron chi connectivity index (χ1n) is 14.6. The summed E-state index contributed by atoms with van der Waals surface area (Å²) in [7, 11) is 0. The molecule has 1 saturated carbocycles. The molecule has 232 valence electrons. The van der Waals surface area contributed by atoms with E-state index in [-0.39, 0.29) is 69.4 Å². The molecule has 1 aliphatic carbocycles. The molecule has 0 unspecified atom stereocenters. The molecule has 2 aromatic carbocycles. The van der Waals surface area contributed by atoms with Crippen molar-refractivity contribution in [2.24, 2.45) is 11.3 Å². The van der Waals surface area contributed by atoms with Gasteiger partial charge in [0.25, 0.3) is 0 Å². The van der Waals surface area contributed by atoms with Gasteiger partial charge in [-0.3, -0.25) is 9.59 Å². The molecule has 2 heterocycles. The Hall–Kier alpha value is -3.34. The van der Waals surface area contributed by atoms with Crippen LogP contribution >= 0.6 is 11.6 Å². The standard InChI is InChI=1S/C31H34ClF4N3O4/c1-2-39(29(42)43-24-10-8-23(33)9-11-24)26-19-38(18-25(26)20-4-6-22(32)7-5-20)27(40)21-12-16-37(17-13-21)28(41)30(14-3-15-30)31(34,35)36/h4-11,21,25-26H,2-3,12-19H2,1H3/t25-,26+/m0/s1. The van der Waals surface area contributed by atoms with E-state index in [1.54, 1.807) is 28.9 Å². The van der Waals surface area contributed by atoms with Crippen LogP contribution in [0.25, 0.3) is 0 Å². The summed E-state index contributed by atoms with van der Waals surface area (Å²) in [5, 5.41) is 0.546. The van der Waals surface area contributed by atoms with E-state index < -0.39 is 41.4 Å². The Balaban J connectivity index is 1.29. The van der Waals surface area contributed by atoms with E-state index in [1.807, 2.05) is 12.1 Å². The lowest BCUT2D eigenvalue weighted by Crippen LogP contribution is -2.57. The highest BCUT2D eigenvalue weighted by molar-refractivity contribution is 6.30. The molecule has 2 saturated heterocycles. The van der Waals surface area contributed by atoms with Crippen LogP contribution in [0.3, 0.4) is 0 Å². The second-order valence-electron chi connectivity index (χ2n) is 11.6. The van der Waals surface area contributed by atoms with Gasteiger partial charge >= 0.3 is 12.3 Å². The van der Waals surface area contributed by atoms with Crippen molar-refractivity contribution in [2.45, 2.75) is 57.2 Å². The number of nitrogens with zero attached hydrogens (tertiary/aromatic N) is 3. The van der Waals surface area contributed by atoms with Gasteiger partial charge in [-0.2, -0.15) is 13.2 Å². The number of carbonyl (C=O) groups is 3. The number of rotatable bonds is 6. The van der Waals surface area contributed by atoms with Gasteiger partial charge in [0.2, 0.25) is 11.8 Å². The molecule has 2 atom stereocenters. The van der Waals surface area contributed by atoms with E-state index >= 15 is 0 Å². The number of likely N-dealkylation sites (N-methyl/N-ethyl adjacent to an activating group) is 1. The van der Waals surface area contributed by atoms with Crippen molar-refractivity contribution >= 4 is 29.5 Å². The third-order valence-electron chi connectivity index (χ3n) is 9.18. The molecule has 5 rings (SSSR count). The summed E-state index contributed by atoms with van der Waals surface area (Å²) in [6.07, 6.45) is -4.67. The zero-order valence-electron chi connectivity index (χ0n) is 23.8. The molecule has 7 nitrogen and oxygen atoms in total. The Bertz CT molecular complexity index is 1330. The number of benzene rings is 2. The number of ether oxygens (including phenoxy) is 1. The van der Waals surface area contributed by atoms with Gasteiger partial charge in [0.1, 0.15) is 17.0 Å². The van der Waals surface area contributed by atoms with Gasteiger partial charge in [-0.25, -0.2) is 9.18 Å². The number of amides is 3. The van der Waals surface area contributed by atoms with E-state index in [2.05, 4.69) is 0 Å². The van der Waals surface area contributed by atoms with E-state index in [0.29, 0.717) is 18.0 Å². The Kier molecular flexibility index (Phi) is 8.92. The maximum absolute atomic E-state index is 13.7. The molecule has 0 spiro atoms. The summed E-state index contributed by atoms with van der Waals surface area (Å²) in [5.74, 6) is -2.00. The van der Waals surface area contributed by atoms with Gasteiger partial charge in [0.05, 0.1) is 6.04 Å². The zero-order chi connectivity index (χ0) is 30.9. The predicted molar refractivity (Wildman–Crippen MR) is 151 cm³/mol. The van der Waals surface area contributed by atoms with Crippen LogP contribution in [-0.4, -0.2) is 77.5 Å². The molecule has 3 fully saturated rings. The van der Waals surface area contributed by atoms with Crippen molar-refractivity contribution in [1.29, 1.82) is 0 Å². The highest BCUT2D eigenvalue weighted by Crippen LogP contribution is 2.54. The van der Waals surface area contributed by atoms with Crippen molar-refractivity contribution < 1.29 is 36.7 Å². The van der Waals surface area contributed by atoms with Gasteiger partial charge in [0, 0.05) is 49.6 Å². The maximum atomic E-state index is 13.7. The third kappa shape index (κ3) is 6.18. The lowest BCUT2D eigenvalue weighted by Gasteiger charge is -2.45. The fraction of sp³-hybridized carbons (Fsp3) is 0.516. The van der Waals surface area contributed by atoms with Crippen molar-refractivity contribution in [1.82, 2.24) is 14.7 Å². The van der Waals surface area contributed by atoms with E-state index in [0.717, 1.165) is 5.56 Å². The number of hydrogen-bond donors (Lipinski definition) is 0. The highest BCUT2D eigenvalue weighted by atomic mass is 35.5. The number of carbonyl (C=O) groups excluding carboxylic acids is 3. The third-order valence-corrected chi connectivity index (χ3v) is 9.44. The number of piperidine rings is 1. The number of likely N-dealkylation sites (tertiary alicyclic amines) is 2. The molecule has 0 radical (unpaired) electrons. The first-order chi connectivity index (χ1) is 20.4. The fourth-order valence-electron chi connectivity index (χ4n) is 6.52. The minimum absolute atomic E-state index is 0.0933. The Labute approximate surface area is 252 Å². The van der Waals surface area contributed by atoms with Crippen LogP contribution in [0.2, 0.25) is 5.02 Å².